The van der Waals surface area contributed by atoms with E-state index in [9.17, 15) is 9.90 Å². The number of benzene rings is 1. The Labute approximate surface area is 154 Å². The van der Waals surface area contributed by atoms with Gasteiger partial charge in [0.2, 0.25) is 0 Å². The highest BCUT2D eigenvalue weighted by molar-refractivity contribution is 5.78. The van der Waals surface area contributed by atoms with Gasteiger partial charge >= 0.3 is 0 Å². The molecule has 1 amide bonds. The highest BCUT2D eigenvalue weighted by atomic mass is 16.5. The molecule has 5 nitrogen and oxygen atoms in total. The van der Waals surface area contributed by atoms with Crippen LogP contribution in [-0.4, -0.2) is 28.7 Å². The number of carbonyl (C=O) groups is 1. The van der Waals surface area contributed by atoms with Crippen molar-refractivity contribution in [2.24, 2.45) is 5.92 Å². The first-order valence-corrected chi connectivity index (χ1v) is 9.18. The van der Waals surface area contributed by atoms with Gasteiger partial charge in [0.15, 0.2) is 6.61 Å². The normalized spacial score (nSPS) is 20.1. The molecule has 1 aliphatic rings. The third-order valence-electron chi connectivity index (χ3n) is 4.86. The molecule has 1 fully saturated rings. The summed E-state index contributed by atoms with van der Waals surface area (Å²) in [4.78, 5) is 16.9. The van der Waals surface area contributed by atoms with Gasteiger partial charge in [0.05, 0.1) is 17.8 Å². The lowest BCUT2D eigenvalue weighted by Gasteiger charge is -2.38. The molecular formula is C21H26N2O3. The molecule has 3 rings (SSSR count). The van der Waals surface area contributed by atoms with Crippen molar-refractivity contribution < 1.29 is 14.6 Å². The van der Waals surface area contributed by atoms with Crippen molar-refractivity contribution in [3.63, 3.8) is 0 Å². The van der Waals surface area contributed by atoms with Crippen LogP contribution in [0.5, 0.6) is 5.75 Å². The SMILES string of the molecule is CCc1nc(C)ccc1OCC(=O)N[C@@H](c1ccccc1)C1CC(O)C1. The second kappa shape index (κ2) is 8.32. The van der Waals surface area contributed by atoms with Gasteiger partial charge in [0.1, 0.15) is 5.75 Å². The van der Waals surface area contributed by atoms with Gasteiger partial charge in [-0.2, -0.15) is 0 Å². The Balaban J connectivity index is 1.63. The van der Waals surface area contributed by atoms with Gasteiger partial charge in [-0.3, -0.25) is 9.78 Å². The minimum atomic E-state index is -0.259. The van der Waals surface area contributed by atoms with Gasteiger partial charge in [0.25, 0.3) is 5.91 Å². The minimum absolute atomic E-state index is 0.0453. The van der Waals surface area contributed by atoms with Crippen LogP contribution in [0.25, 0.3) is 0 Å². The first-order chi connectivity index (χ1) is 12.6. The van der Waals surface area contributed by atoms with Crippen molar-refractivity contribution in [3.05, 3.63) is 59.4 Å². The summed E-state index contributed by atoms with van der Waals surface area (Å²) in [7, 11) is 0. The highest BCUT2D eigenvalue weighted by Gasteiger charge is 2.35. The summed E-state index contributed by atoms with van der Waals surface area (Å²) in [5, 5.41) is 12.7. The van der Waals surface area contributed by atoms with Crippen LogP contribution >= 0.6 is 0 Å². The fourth-order valence-electron chi connectivity index (χ4n) is 3.38. The zero-order valence-electron chi connectivity index (χ0n) is 15.3. The maximum Gasteiger partial charge on any atom is 0.258 e. The Kier molecular flexibility index (Phi) is 5.89. The fourth-order valence-corrected chi connectivity index (χ4v) is 3.38. The molecule has 26 heavy (non-hydrogen) atoms. The molecule has 0 aliphatic heterocycles. The number of aryl methyl sites for hydroxylation is 2. The lowest BCUT2D eigenvalue weighted by Crippen LogP contribution is -2.42. The van der Waals surface area contributed by atoms with Crippen LogP contribution in [0.4, 0.5) is 0 Å². The number of nitrogens with zero attached hydrogens (tertiary/aromatic N) is 1. The van der Waals surface area contributed by atoms with Crippen molar-refractivity contribution in [2.75, 3.05) is 6.61 Å². The van der Waals surface area contributed by atoms with Crippen molar-refractivity contribution in [2.45, 2.75) is 45.3 Å². The number of pyridine rings is 1. The van der Waals surface area contributed by atoms with E-state index in [0.29, 0.717) is 18.6 Å². The molecule has 1 aromatic carbocycles. The van der Waals surface area contributed by atoms with E-state index in [4.69, 9.17) is 4.74 Å². The van der Waals surface area contributed by atoms with Crippen molar-refractivity contribution in [3.8, 4) is 5.75 Å². The number of ether oxygens (including phenoxy) is 1. The first kappa shape index (κ1) is 18.4. The Morgan fingerprint density at radius 3 is 2.65 bits per heavy atom. The molecule has 1 aromatic heterocycles. The van der Waals surface area contributed by atoms with E-state index in [-0.39, 0.29) is 30.6 Å². The van der Waals surface area contributed by atoms with Gasteiger partial charge in [0, 0.05) is 5.69 Å². The van der Waals surface area contributed by atoms with Gasteiger partial charge in [-0.25, -0.2) is 0 Å². The maximum atomic E-state index is 12.5. The molecule has 0 radical (unpaired) electrons. The molecule has 0 saturated heterocycles. The fraction of sp³-hybridized carbons (Fsp3) is 0.429. The first-order valence-electron chi connectivity index (χ1n) is 9.18. The van der Waals surface area contributed by atoms with E-state index in [2.05, 4.69) is 10.3 Å². The maximum absolute atomic E-state index is 12.5. The molecule has 2 N–H and O–H groups in total. The zero-order chi connectivity index (χ0) is 18.5. The number of rotatable bonds is 7. The second-order valence-corrected chi connectivity index (χ2v) is 6.88. The quantitative estimate of drug-likeness (QED) is 0.802. The Hall–Kier alpha value is -2.40. The number of hydrogen-bond donors (Lipinski definition) is 2. The molecule has 0 spiro atoms. The average molecular weight is 354 g/mol. The molecule has 138 valence electrons. The smallest absolute Gasteiger partial charge is 0.258 e. The van der Waals surface area contributed by atoms with E-state index in [1.807, 2.05) is 56.3 Å². The molecule has 2 aromatic rings. The van der Waals surface area contributed by atoms with E-state index in [1.165, 1.54) is 0 Å². The predicted octanol–water partition coefficient (Wildman–Crippen LogP) is 2.96. The number of aromatic nitrogens is 1. The topological polar surface area (TPSA) is 71.5 Å². The van der Waals surface area contributed by atoms with Crippen LogP contribution in [0.15, 0.2) is 42.5 Å². The minimum Gasteiger partial charge on any atom is -0.482 e. The predicted molar refractivity (Wildman–Crippen MR) is 99.9 cm³/mol. The van der Waals surface area contributed by atoms with Gasteiger partial charge in [-0.05, 0) is 49.8 Å². The van der Waals surface area contributed by atoms with Crippen LogP contribution in [0, 0.1) is 12.8 Å². The van der Waals surface area contributed by atoms with Gasteiger partial charge in [-0.1, -0.05) is 37.3 Å². The summed E-state index contributed by atoms with van der Waals surface area (Å²) < 4.78 is 5.71. The van der Waals surface area contributed by atoms with Crippen molar-refractivity contribution in [1.29, 1.82) is 0 Å². The van der Waals surface area contributed by atoms with Crippen molar-refractivity contribution in [1.82, 2.24) is 10.3 Å². The Morgan fingerprint density at radius 2 is 2.00 bits per heavy atom. The largest absolute Gasteiger partial charge is 0.482 e. The standard InChI is InChI=1S/C21H26N2O3/c1-3-18-19(10-9-14(2)22-18)26-13-20(25)23-21(16-11-17(24)12-16)15-7-5-4-6-8-15/h4-10,16-17,21,24H,3,11-13H2,1-2H3,(H,23,25)/t16?,17?,21-/m0/s1. The number of aliphatic hydroxyl groups is 1. The number of carbonyl (C=O) groups excluding carboxylic acids is 1. The van der Waals surface area contributed by atoms with Crippen molar-refractivity contribution >= 4 is 5.91 Å². The van der Waals surface area contributed by atoms with E-state index in [0.717, 1.165) is 23.4 Å². The second-order valence-electron chi connectivity index (χ2n) is 6.88. The summed E-state index contributed by atoms with van der Waals surface area (Å²) in [6.45, 7) is 3.91. The molecule has 0 bridgehead atoms. The molecule has 1 heterocycles. The Bertz CT molecular complexity index is 742. The molecular weight excluding hydrogens is 328 g/mol. The monoisotopic (exact) mass is 354 g/mol. The van der Waals surface area contributed by atoms with Gasteiger partial charge in [-0.15, -0.1) is 0 Å². The van der Waals surface area contributed by atoms with E-state index < -0.39 is 0 Å². The number of nitrogens with one attached hydrogen (secondary N) is 1. The summed E-state index contributed by atoms with van der Waals surface area (Å²) in [6.07, 6.45) is 1.92. The molecule has 1 aliphatic carbocycles. The summed E-state index contributed by atoms with van der Waals surface area (Å²) >= 11 is 0. The van der Waals surface area contributed by atoms with E-state index >= 15 is 0 Å². The van der Waals surface area contributed by atoms with Crippen LogP contribution in [-0.2, 0) is 11.2 Å². The third kappa shape index (κ3) is 4.41. The zero-order valence-corrected chi connectivity index (χ0v) is 15.3. The summed E-state index contributed by atoms with van der Waals surface area (Å²) in [5.74, 6) is 0.745. The Morgan fingerprint density at radius 1 is 1.27 bits per heavy atom. The van der Waals surface area contributed by atoms with E-state index in [1.54, 1.807) is 0 Å². The lowest BCUT2D eigenvalue weighted by molar-refractivity contribution is -0.125. The number of aliphatic hydroxyl groups excluding tert-OH is 1. The van der Waals surface area contributed by atoms with Crippen LogP contribution in [0.3, 0.4) is 0 Å². The van der Waals surface area contributed by atoms with Crippen LogP contribution in [0.1, 0.15) is 42.8 Å². The average Bonchev–Trinajstić information content (AvgIpc) is 2.63. The highest BCUT2D eigenvalue weighted by Crippen LogP contribution is 2.38. The number of amides is 1. The third-order valence-corrected chi connectivity index (χ3v) is 4.86. The van der Waals surface area contributed by atoms with Gasteiger partial charge < -0.3 is 15.2 Å². The molecule has 0 unspecified atom stereocenters. The molecule has 1 saturated carbocycles. The van der Waals surface area contributed by atoms with Crippen LogP contribution < -0.4 is 10.1 Å². The summed E-state index contributed by atoms with van der Waals surface area (Å²) in [6, 6.07) is 13.6. The van der Waals surface area contributed by atoms with Crippen LogP contribution in [0.2, 0.25) is 0 Å². The lowest BCUT2D eigenvalue weighted by atomic mass is 9.75. The summed E-state index contributed by atoms with van der Waals surface area (Å²) in [5.41, 5.74) is 2.86. The molecule has 1 atom stereocenters. The number of hydrogen-bond acceptors (Lipinski definition) is 4. The molecule has 5 heteroatoms.